The molecule has 2 heteroatoms. The Morgan fingerprint density at radius 3 is 2.73 bits per heavy atom. The molecule has 0 fully saturated rings. The first-order valence-corrected chi connectivity index (χ1v) is 8.22. The third-order valence-corrected chi connectivity index (χ3v) is 4.42. The van der Waals surface area contributed by atoms with Gasteiger partial charge in [-0.05, 0) is 36.5 Å². The average molecular weight is 295 g/mol. The number of pyridine rings is 1. The first-order chi connectivity index (χ1) is 10.5. The molecule has 116 valence electrons. The number of aromatic nitrogens is 1. The second-order valence-corrected chi connectivity index (χ2v) is 7.21. The van der Waals surface area contributed by atoms with Crippen LogP contribution >= 0.6 is 0 Å². The highest BCUT2D eigenvalue weighted by molar-refractivity contribution is 5.33. The minimum Gasteiger partial charge on any atom is -0.477 e. The Morgan fingerprint density at radius 2 is 1.91 bits per heavy atom. The fraction of sp³-hybridized carbons (Fsp3) is 0.450. The van der Waals surface area contributed by atoms with Crippen LogP contribution in [0.1, 0.15) is 56.4 Å². The number of rotatable bonds is 3. The Morgan fingerprint density at radius 1 is 1.09 bits per heavy atom. The highest BCUT2D eigenvalue weighted by Crippen LogP contribution is 2.32. The molecule has 22 heavy (non-hydrogen) atoms. The number of nitrogens with zero attached hydrogens (tertiary/aromatic N) is 1. The summed E-state index contributed by atoms with van der Waals surface area (Å²) in [7, 11) is 0. The molecule has 2 nitrogen and oxygen atoms in total. The zero-order valence-electron chi connectivity index (χ0n) is 13.8. The van der Waals surface area contributed by atoms with Crippen LogP contribution in [-0.4, -0.2) is 11.6 Å². The van der Waals surface area contributed by atoms with Crippen LogP contribution in [0.25, 0.3) is 0 Å². The Bertz CT molecular complexity index is 642. The number of hydrogen-bond donors (Lipinski definition) is 0. The van der Waals surface area contributed by atoms with E-state index in [9.17, 15) is 0 Å². The summed E-state index contributed by atoms with van der Waals surface area (Å²) >= 11 is 0. The molecule has 0 N–H and O–H groups in total. The van der Waals surface area contributed by atoms with Crippen LogP contribution in [0.3, 0.4) is 0 Å². The lowest BCUT2D eigenvalue weighted by Gasteiger charge is -2.25. The first-order valence-electron chi connectivity index (χ1n) is 8.22. The van der Waals surface area contributed by atoms with Gasteiger partial charge in [-0.15, -0.1) is 0 Å². The Labute approximate surface area is 133 Å². The molecule has 3 rings (SSSR count). The Hall–Kier alpha value is -1.83. The van der Waals surface area contributed by atoms with E-state index in [1.54, 1.807) is 0 Å². The molecule has 0 aliphatic heterocycles. The van der Waals surface area contributed by atoms with E-state index in [4.69, 9.17) is 4.74 Å². The van der Waals surface area contributed by atoms with Gasteiger partial charge in [0.15, 0.2) is 0 Å². The van der Waals surface area contributed by atoms with Gasteiger partial charge >= 0.3 is 0 Å². The number of aryl methyl sites for hydroxylation is 1. The number of fused-ring (bicyclic) bond motifs is 1. The molecule has 0 saturated heterocycles. The molecule has 1 aromatic heterocycles. The molecule has 1 aliphatic rings. The summed E-state index contributed by atoms with van der Waals surface area (Å²) in [6.45, 7) is 7.25. The van der Waals surface area contributed by atoms with E-state index in [0.717, 1.165) is 18.2 Å². The lowest BCUT2D eigenvalue weighted by atomic mass is 9.83. The summed E-state index contributed by atoms with van der Waals surface area (Å²) in [4.78, 5) is 4.66. The fourth-order valence-electron chi connectivity index (χ4n) is 3.13. The summed E-state index contributed by atoms with van der Waals surface area (Å²) in [5.41, 5.74) is 4.07. The predicted molar refractivity (Wildman–Crippen MR) is 90.6 cm³/mol. The van der Waals surface area contributed by atoms with E-state index in [0.29, 0.717) is 5.92 Å². The average Bonchev–Trinajstić information content (AvgIpc) is 2.52. The van der Waals surface area contributed by atoms with Crippen molar-refractivity contribution < 1.29 is 4.74 Å². The van der Waals surface area contributed by atoms with Gasteiger partial charge in [0.05, 0.1) is 6.61 Å². The smallest absolute Gasteiger partial charge is 0.213 e. The minimum absolute atomic E-state index is 0.0524. The van der Waals surface area contributed by atoms with Gasteiger partial charge in [-0.1, -0.05) is 51.1 Å². The third-order valence-electron chi connectivity index (χ3n) is 4.42. The molecule has 0 saturated carbocycles. The fourth-order valence-corrected chi connectivity index (χ4v) is 3.13. The second-order valence-electron chi connectivity index (χ2n) is 7.21. The molecule has 0 radical (unpaired) electrons. The molecular formula is C20H25NO. The van der Waals surface area contributed by atoms with E-state index in [-0.39, 0.29) is 5.41 Å². The second kappa shape index (κ2) is 6.12. The topological polar surface area (TPSA) is 22.1 Å². The van der Waals surface area contributed by atoms with Gasteiger partial charge in [0, 0.05) is 23.1 Å². The summed E-state index contributed by atoms with van der Waals surface area (Å²) in [6, 6.07) is 14.8. The van der Waals surface area contributed by atoms with Gasteiger partial charge < -0.3 is 4.74 Å². The number of ether oxygens (including phenoxy) is 1. The van der Waals surface area contributed by atoms with Crippen LogP contribution in [0.15, 0.2) is 42.5 Å². The van der Waals surface area contributed by atoms with E-state index < -0.39 is 0 Å². The quantitative estimate of drug-likeness (QED) is 0.805. The van der Waals surface area contributed by atoms with Crippen molar-refractivity contribution >= 4 is 0 Å². The maximum atomic E-state index is 6.03. The van der Waals surface area contributed by atoms with Gasteiger partial charge in [0.25, 0.3) is 0 Å². The van der Waals surface area contributed by atoms with Crippen molar-refractivity contribution in [3.05, 3.63) is 59.3 Å². The van der Waals surface area contributed by atoms with Crippen molar-refractivity contribution in [1.82, 2.24) is 4.98 Å². The van der Waals surface area contributed by atoms with Crippen LogP contribution < -0.4 is 4.74 Å². The summed E-state index contributed by atoms with van der Waals surface area (Å²) in [5, 5.41) is 0. The summed E-state index contributed by atoms with van der Waals surface area (Å²) in [5.74, 6) is 1.24. The molecule has 0 spiro atoms. The van der Waals surface area contributed by atoms with E-state index in [2.05, 4.69) is 56.1 Å². The maximum Gasteiger partial charge on any atom is 0.213 e. The summed E-state index contributed by atoms with van der Waals surface area (Å²) in [6.07, 6.45) is 3.65. The van der Waals surface area contributed by atoms with E-state index in [1.165, 1.54) is 30.4 Å². The number of benzene rings is 1. The zero-order valence-corrected chi connectivity index (χ0v) is 13.8. The van der Waals surface area contributed by atoms with Crippen LogP contribution in [0.4, 0.5) is 0 Å². The first kappa shape index (κ1) is 15.1. The Balaban J connectivity index is 1.71. The lowest BCUT2D eigenvalue weighted by Crippen LogP contribution is -2.18. The SMILES string of the molecule is CC(C)(C)c1cccc(OCC2CCCc3ccccc32)n1. The monoisotopic (exact) mass is 295 g/mol. The van der Waals surface area contributed by atoms with Crippen LogP contribution in [0.2, 0.25) is 0 Å². The zero-order chi connectivity index (χ0) is 15.6. The van der Waals surface area contributed by atoms with Gasteiger partial charge in [-0.3, -0.25) is 0 Å². The van der Waals surface area contributed by atoms with Gasteiger partial charge in [-0.25, -0.2) is 4.98 Å². The van der Waals surface area contributed by atoms with E-state index >= 15 is 0 Å². The van der Waals surface area contributed by atoms with E-state index in [1.807, 2.05) is 12.1 Å². The van der Waals surface area contributed by atoms with Crippen molar-refractivity contribution in [2.45, 2.75) is 51.4 Å². The highest BCUT2D eigenvalue weighted by atomic mass is 16.5. The standard InChI is InChI=1S/C20H25NO/c1-20(2,3)18-12-7-13-19(21-18)22-14-16-10-6-9-15-8-4-5-11-17(15)16/h4-5,7-8,11-13,16H,6,9-10,14H2,1-3H3. The van der Waals surface area contributed by atoms with Crippen molar-refractivity contribution in [2.75, 3.05) is 6.61 Å². The molecular weight excluding hydrogens is 270 g/mol. The van der Waals surface area contributed by atoms with Crippen molar-refractivity contribution in [2.24, 2.45) is 0 Å². The van der Waals surface area contributed by atoms with Gasteiger partial charge in [0.2, 0.25) is 5.88 Å². The molecule has 1 aromatic carbocycles. The van der Waals surface area contributed by atoms with Gasteiger partial charge in [-0.2, -0.15) is 0 Å². The maximum absolute atomic E-state index is 6.03. The minimum atomic E-state index is 0.0524. The predicted octanol–water partition coefficient (Wildman–Crippen LogP) is 4.88. The van der Waals surface area contributed by atoms with Crippen molar-refractivity contribution in [3.63, 3.8) is 0 Å². The molecule has 0 bridgehead atoms. The van der Waals surface area contributed by atoms with Crippen LogP contribution in [0, 0.1) is 0 Å². The highest BCUT2D eigenvalue weighted by Gasteiger charge is 2.21. The number of hydrogen-bond acceptors (Lipinski definition) is 2. The largest absolute Gasteiger partial charge is 0.477 e. The molecule has 0 amide bonds. The third kappa shape index (κ3) is 3.32. The molecule has 1 heterocycles. The molecule has 2 aromatic rings. The van der Waals surface area contributed by atoms with Crippen LogP contribution in [-0.2, 0) is 11.8 Å². The van der Waals surface area contributed by atoms with Crippen molar-refractivity contribution in [3.8, 4) is 5.88 Å². The summed E-state index contributed by atoms with van der Waals surface area (Å²) < 4.78 is 6.03. The molecule has 1 unspecified atom stereocenters. The van der Waals surface area contributed by atoms with Crippen molar-refractivity contribution in [1.29, 1.82) is 0 Å². The Kier molecular flexibility index (Phi) is 4.19. The van der Waals surface area contributed by atoms with Crippen LogP contribution in [0.5, 0.6) is 5.88 Å². The van der Waals surface area contributed by atoms with Gasteiger partial charge in [0.1, 0.15) is 0 Å². The normalized spacial score (nSPS) is 17.9. The molecule has 1 aliphatic carbocycles. The molecule has 1 atom stereocenters. The lowest BCUT2D eigenvalue weighted by molar-refractivity contribution is 0.263.